The third-order valence-electron chi connectivity index (χ3n) is 3.69. The lowest BCUT2D eigenvalue weighted by Crippen LogP contribution is -2.20. The number of aromatic nitrogens is 2. The molecule has 1 amide bonds. The van der Waals surface area contributed by atoms with Crippen molar-refractivity contribution in [1.82, 2.24) is 9.97 Å². The zero-order chi connectivity index (χ0) is 14.7. The molecule has 21 heavy (non-hydrogen) atoms. The van der Waals surface area contributed by atoms with E-state index in [9.17, 15) is 4.79 Å². The first-order valence-electron chi connectivity index (χ1n) is 7.18. The van der Waals surface area contributed by atoms with Crippen molar-refractivity contribution in [2.45, 2.75) is 19.8 Å². The van der Waals surface area contributed by atoms with Crippen LogP contribution in [0.3, 0.4) is 0 Å². The van der Waals surface area contributed by atoms with E-state index in [1.807, 2.05) is 31.2 Å². The smallest absolute Gasteiger partial charge is 0.275 e. The zero-order valence-electron chi connectivity index (χ0n) is 12.0. The van der Waals surface area contributed by atoms with Gasteiger partial charge in [0.15, 0.2) is 0 Å². The normalized spacial score (nSPS) is 14.2. The molecule has 1 aliphatic rings. The van der Waals surface area contributed by atoms with E-state index in [0.717, 1.165) is 30.2 Å². The van der Waals surface area contributed by atoms with E-state index < -0.39 is 0 Å². The maximum Gasteiger partial charge on any atom is 0.275 e. The number of rotatable bonds is 3. The first-order valence-corrected chi connectivity index (χ1v) is 7.18. The van der Waals surface area contributed by atoms with Gasteiger partial charge in [0.25, 0.3) is 5.91 Å². The molecule has 0 spiro atoms. The van der Waals surface area contributed by atoms with E-state index in [1.165, 1.54) is 12.8 Å². The van der Waals surface area contributed by atoms with Crippen LogP contribution in [0.25, 0.3) is 0 Å². The summed E-state index contributed by atoms with van der Waals surface area (Å²) in [6.45, 7) is 3.99. The van der Waals surface area contributed by atoms with Crippen molar-refractivity contribution in [1.29, 1.82) is 0 Å². The Morgan fingerprint density at radius 1 is 1.14 bits per heavy atom. The number of benzene rings is 1. The molecule has 2 heterocycles. The summed E-state index contributed by atoms with van der Waals surface area (Å²) in [5, 5.41) is 2.86. The van der Waals surface area contributed by atoms with Crippen LogP contribution in [0, 0.1) is 6.92 Å². The van der Waals surface area contributed by atoms with Gasteiger partial charge in [0.2, 0.25) is 0 Å². The van der Waals surface area contributed by atoms with Crippen LogP contribution in [0.1, 0.15) is 28.9 Å². The van der Waals surface area contributed by atoms with Gasteiger partial charge >= 0.3 is 0 Å². The number of carbonyl (C=O) groups excluding carboxylic acids is 1. The fraction of sp³-hybridized carbons (Fsp3) is 0.312. The van der Waals surface area contributed by atoms with Gasteiger partial charge in [0.05, 0.1) is 12.4 Å². The average molecular weight is 282 g/mol. The molecule has 0 unspecified atom stereocenters. The second kappa shape index (κ2) is 5.91. The van der Waals surface area contributed by atoms with Crippen LogP contribution in [0.5, 0.6) is 0 Å². The van der Waals surface area contributed by atoms with Crippen molar-refractivity contribution < 1.29 is 4.79 Å². The molecule has 2 aromatic rings. The molecular weight excluding hydrogens is 264 g/mol. The van der Waals surface area contributed by atoms with Crippen molar-refractivity contribution in [3.8, 4) is 0 Å². The lowest BCUT2D eigenvalue weighted by atomic mass is 10.2. The van der Waals surface area contributed by atoms with E-state index >= 15 is 0 Å². The first kappa shape index (κ1) is 13.5. The highest BCUT2D eigenvalue weighted by Gasteiger charge is 2.15. The summed E-state index contributed by atoms with van der Waals surface area (Å²) in [4.78, 5) is 22.9. The van der Waals surface area contributed by atoms with Gasteiger partial charge in [0.1, 0.15) is 11.5 Å². The third kappa shape index (κ3) is 3.02. The molecule has 108 valence electrons. The molecule has 1 N–H and O–H groups in total. The van der Waals surface area contributed by atoms with Crippen molar-refractivity contribution in [3.05, 3.63) is 47.9 Å². The summed E-state index contributed by atoms with van der Waals surface area (Å²) < 4.78 is 0. The van der Waals surface area contributed by atoms with E-state index in [1.54, 1.807) is 12.4 Å². The molecule has 0 radical (unpaired) electrons. The number of carbonyl (C=O) groups is 1. The van der Waals surface area contributed by atoms with E-state index in [2.05, 4.69) is 20.2 Å². The molecule has 5 nitrogen and oxygen atoms in total. The van der Waals surface area contributed by atoms with Crippen molar-refractivity contribution in [2.24, 2.45) is 0 Å². The van der Waals surface area contributed by atoms with Crippen LogP contribution >= 0.6 is 0 Å². The molecule has 0 saturated carbocycles. The number of aryl methyl sites for hydroxylation is 1. The van der Waals surface area contributed by atoms with Crippen molar-refractivity contribution in [3.63, 3.8) is 0 Å². The average Bonchev–Trinajstić information content (AvgIpc) is 3.04. The Kier molecular flexibility index (Phi) is 3.81. The Labute approximate surface area is 124 Å². The van der Waals surface area contributed by atoms with Gasteiger partial charge in [-0.15, -0.1) is 0 Å². The number of nitrogens with zero attached hydrogens (tertiary/aromatic N) is 3. The summed E-state index contributed by atoms with van der Waals surface area (Å²) in [6.07, 6.45) is 5.60. The maximum atomic E-state index is 12.2. The molecule has 3 rings (SSSR count). The minimum absolute atomic E-state index is 0.232. The minimum atomic E-state index is -0.232. The maximum absolute atomic E-state index is 12.2. The number of para-hydroxylation sites is 1. The predicted molar refractivity (Wildman–Crippen MR) is 82.6 cm³/mol. The number of anilines is 2. The quantitative estimate of drug-likeness (QED) is 0.940. The zero-order valence-corrected chi connectivity index (χ0v) is 12.0. The van der Waals surface area contributed by atoms with E-state index in [0.29, 0.717) is 5.69 Å². The molecule has 0 bridgehead atoms. The van der Waals surface area contributed by atoms with Crippen LogP contribution in [-0.2, 0) is 0 Å². The Bertz CT molecular complexity index is 633. The Morgan fingerprint density at radius 2 is 1.90 bits per heavy atom. The summed E-state index contributed by atoms with van der Waals surface area (Å²) in [6, 6.07) is 7.66. The molecular formula is C16H18N4O. The van der Waals surface area contributed by atoms with Gasteiger partial charge in [0, 0.05) is 18.8 Å². The number of nitrogens with one attached hydrogen (secondary N) is 1. The molecule has 1 aromatic heterocycles. The number of amides is 1. The lowest BCUT2D eigenvalue weighted by Gasteiger charge is -2.15. The Balaban J connectivity index is 1.71. The topological polar surface area (TPSA) is 58.1 Å². The summed E-state index contributed by atoms with van der Waals surface area (Å²) in [5.74, 6) is 0.615. The van der Waals surface area contributed by atoms with Crippen LogP contribution < -0.4 is 10.2 Å². The number of hydrogen-bond donors (Lipinski definition) is 1. The molecule has 0 atom stereocenters. The summed E-state index contributed by atoms with van der Waals surface area (Å²) in [5.41, 5.74) is 2.15. The van der Waals surface area contributed by atoms with Gasteiger partial charge < -0.3 is 10.2 Å². The molecule has 1 saturated heterocycles. The van der Waals surface area contributed by atoms with Crippen LogP contribution in [0.15, 0.2) is 36.7 Å². The second-order valence-corrected chi connectivity index (χ2v) is 5.22. The second-order valence-electron chi connectivity index (χ2n) is 5.22. The third-order valence-corrected chi connectivity index (χ3v) is 3.69. The van der Waals surface area contributed by atoms with Crippen molar-refractivity contribution in [2.75, 3.05) is 23.3 Å². The SMILES string of the molecule is Cc1ccccc1NC(=O)c1cnc(N2CCCC2)cn1. The van der Waals surface area contributed by atoms with E-state index in [-0.39, 0.29) is 5.91 Å². The Morgan fingerprint density at radius 3 is 2.57 bits per heavy atom. The van der Waals surface area contributed by atoms with Crippen LogP contribution in [0.4, 0.5) is 11.5 Å². The van der Waals surface area contributed by atoms with Crippen molar-refractivity contribution >= 4 is 17.4 Å². The molecule has 1 aliphatic heterocycles. The van der Waals surface area contributed by atoms with Crippen LogP contribution in [-0.4, -0.2) is 29.0 Å². The fourth-order valence-corrected chi connectivity index (χ4v) is 2.45. The molecule has 1 aromatic carbocycles. The van der Waals surface area contributed by atoms with E-state index in [4.69, 9.17) is 0 Å². The van der Waals surface area contributed by atoms with Gasteiger partial charge in [-0.1, -0.05) is 18.2 Å². The standard InChI is InChI=1S/C16H18N4O/c1-12-6-2-3-7-13(12)19-16(21)14-10-18-15(11-17-14)20-8-4-5-9-20/h2-3,6-7,10-11H,4-5,8-9H2,1H3,(H,19,21). The Hall–Kier alpha value is -2.43. The molecule has 5 heteroatoms. The monoisotopic (exact) mass is 282 g/mol. The lowest BCUT2D eigenvalue weighted by molar-refractivity contribution is 0.102. The summed E-state index contributed by atoms with van der Waals surface area (Å²) >= 11 is 0. The molecule has 0 aliphatic carbocycles. The predicted octanol–water partition coefficient (Wildman–Crippen LogP) is 2.64. The molecule has 1 fully saturated rings. The first-order chi connectivity index (χ1) is 10.2. The highest BCUT2D eigenvalue weighted by molar-refractivity contribution is 6.03. The fourth-order valence-electron chi connectivity index (χ4n) is 2.45. The highest BCUT2D eigenvalue weighted by atomic mass is 16.1. The van der Waals surface area contributed by atoms with Gasteiger partial charge in [-0.3, -0.25) is 4.79 Å². The van der Waals surface area contributed by atoms with Gasteiger partial charge in [-0.05, 0) is 31.4 Å². The van der Waals surface area contributed by atoms with Gasteiger partial charge in [-0.25, -0.2) is 9.97 Å². The number of hydrogen-bond acceptors (Lipinski definition) is 4. The minimum Gasteiger partial charge on any atom is -0.355 e. The van der Waals surface area contributed by atoms with Gasteiger partial charge in [-0.2, -0.15) is 0 Å². The highest BCUT2D eigenvalue weighted by Crippen LogP contribution is 2.17. The summed E-state index contributed by atoms with van der Waals surface area (Å²) in [7, 11) is 0. The largest absolute Gasteiger partial charge is 0.355 e. The van der Waals surface area contributed by atoms with Crippen LogP contribution in [0.2, 0.25) is 0 Å².